The molecular weight excluding hydrogens is 249 g/mol. The van der Waals surface area contributed by atoms with Crippen LogP contribution in [-0.4, -0.2) is 23.1 Å². The molecule has 3 heterocycles. The molecule has 1 aliphatic rings. The Kier molecular flexibility index (Phi) is 3.34. The molecule has 1 atom stereocenters. The third-order valence-electron chi connectivity index (χ3n) is 3.17. The van der Waals surface area contributed by atoms with Crippen LogP contribution in [0.4, 0.5) is 4.39 Å². The molecule has 2 aromatic rings. The highest BCUT2D eigenvalue weighted by molar-refractivity contribution is 7.10. The first-order valence-corrected chi connectivity index (χ1v) is 6.98. The van der Waals surface area contributed by atoms with E-state index >= 15 is 0 Å². The SMILES string of the molecule is Fc1cncc(-c2csc(C3CCCNC3)n2)c1. The number of rotatable bonds is 2. The highest BCUT2D eigenvalue weighted by Gasteiger charge is 2.18. The molecule has 3 rings (SSSR count). The van der Waals surface area contributed by atoms with Crippen LogP contribution < -0.4 is 5.32 Å². The Balaban J connectivity index is 1.84. The van der Waals surface area contributed by atoms with Gasteiger partial charge in [-0.2, -0.15) is 0 Å². The Bertz CT molecular complexity index is 535. The largest absolute Gasteiger partial charge is 0.316 e. The third kappa shape index (κ3) is 2.42. The summed E-state index contributed by atoms with van der Waals surface area (Å²) in [5.74, 6) is 0.181. The molecule has 0 bridgehead atoms. The summed E-state index contributed by atoms with van der Waals surface area (Å²) in [7, 11) is 0. The maximum Gasteiger partial charge on any atom is 0.142 e. The maximum absolute atomic E-state index is 13.1. The second-order valence-corrected chi connectivity index (χ2v) is 5.40. The van der Waals surface area contributed by atoms with Gasteiger partial charge in [-0.05, 0) is 25.5 Å². The molecule has 1 aliphatic heterocycles. The number of piperidine rings is 1. The lowest BCUT2D eigenvalue weighted by Gasteiger charge is -2.20. The lowest BCUT2D eigenvalue weighted by molar-refractivity contribution is 0.460. The van der Waals surface area contributed by atoms with Crippen LogP contribution in [0, 0.1) is 5.82 Å². The van der Waals surface area contributed by atoms with Gasteiger partial charge in [-0.25, -0.2) is 9.37 Å². The maximum atomic E-state index is 13.1. The Labute approximate surface area is 109 Å². The second-order valence-electron chi connectivity index (χ2n) is 4.51. The van der Waals surface area contributed by atoms with E-state index in [1.165, 1.54) is 25.1 Å². The zero-order valence-electron chi connectivity index (χ0n) is 9.90. The zero-order valence-corrected chi connectivity index (χ0v) is 10.7. The summed E-state index contributed by atoms with van der Waals surface area (Å²) < 4.78 is 13.1. The number of pyridine rings is 1. The van der Waals surface area contributed by atoms with Crippen LogP contribution >= 0.6 is 11.3 Å². The molecule has 0 saturated carbocycles. The van der Waals surface area contributed by atoms with Crippen LogP contribution in [0.5, 0.6) is 0 Å². The third-order valence-corrected chi connectivity index (χ3v) is 4.18. The number of halogens is 1. The fraction of sp³-hybridized carbons (Fsp3) is 0.385. The Morgan fingerprint density at radius 1 is 1.39 bits per heavy atom. The van der Waals surface area contributed by atoms with Gasteiger partial charge in [0.05, 0.1) is 16.9 Å². The van der Waals surface area contributed by atoms with Gasteiger partial charge >= 0.3 is 0 Å². The number of nitrogens with one attached hydrogen (secondary N) is 1. The molecule has 18 heavy (non-hydrogen) atoms. The Hall–Kier alpha value is -1.33. The lowest BCUT2D eigenvalue weighted by atomic mass is 10.0. The Morgan fingerprint density at radius 3 is 3.11 bits per heavy atom. The molecule has 0 aliphatic carbocycles. The van der Waals surface area contributed by atoms with E-state index in [-0.39, 0.29) is 5.82 Å². The lowest BCUT2D eigenvalue weighted by Crippen LogP contribution is -2.28. The van der Waals surface area contributed by atoms with E-state index in [4.69, 9.17) is 0 Å². The van der Waals surface area contributed by atoms with Gasteiger partial charge in [0, 0.05) is 29.6 Å². The Morgan fingerprint density at radius 2 is 2.33 bits per heavy atom. The molecule has 5 heteroatoms. The molecular formula is C13H14FN3S. The average Bonchev–Trinajstić information content (AvgIpc) is 2.89. The van der Waals surface area contributed by atoms with Crippen molar-refractivity contribution >= 4 is 11.3 Å². The van der Waals surface area contributed by atoms with Crippen LogP contribution in [0.2, 0.25) is 0 Å². The molecule has 3 nitrogen and oxygen atoms in total. The van der Waals surface area contributed by atoms with Crippen LogP contribution in [0.15, 0.2) is 23.8 Å². The first-order valence-electron chi connectivity index (χ1n) is 6.10. The fourth-order valence-corrected chi connectivity index (χ4v) is 3.19. The van der Waals surface area contributed by atoms with Crippen molar-refractivity contribution in [2.24, 2.45) is 0 Å². The van der Waals surface area contributed by atoms with Crippen molar-refractivity contribution in [1.29, 1.82) is 0 Å². The van der Waals surface area contributed by atoms with Gasteiger partial charge in [0.1, 0.15) is 5.82 Å². The average molecular weight is 263 g/mol. The molecule has 1 unspecified atom stereocenters. The van der Waals surface area contributed by atoms with Crippen molar-refractivity contribution in [1.82, 2.24) is 15.3 Å². The highest BCUT2D eigenvalue weighted by Crippen LogP contribution is 2.29. The minimum atomic E-state index is -0.318. The first kappa shape index (κ1) is 11.7. The highest BCUT2D eigenvalue weighted by atomic mass is 32.1. The van der Waals surface area contributed by atoms with Crippen molar-refractivity contribution in [3.63, 3.8) is 0 Å². The van der Waals surface area contributed by atoms with Crippen molar-refractivity contribution in [3.8, 4) is 11.3 Å². The molecule has 0 aromatic carbocycles. The number of hydrogen-bond acceptors (Lipinski definition) is 4. The molecule has 1 N–H and O–H groups in total. The van der Waals surface area contributed by atoms with E-state index in [1.807, 2.05) is 5.38 Å². The van der Waals surface area contributed by atoms with E-state index in [1.54, 1.807) is 17.5 Å². The van der Waals surface area contributed by atoms with Gasteiger partial charge in [-0.3, -0.25) is 4.98 Å². The van der Waals surface area contributed by atoms with E-state index in [9.17, 15) is 4.39 Å². The van der Waals surface area contributed by atoms with Crippen molar-refractivity contribution in [2.75, 3.05) is 13.1 Å². The van der Waals surface area contributed by atoms with Gasteiger partial charge < -0.3 is 5.32 Å². The minimum absolute atomic E-state index is 0.318. The molecule has 0 radical (unpaired) electrons. The molecule has 1 saturated heterocycles. The summed E-state index contributed by atoms with van der Waals surface area (Å²) in [6, 6.07) is 1.48. The zero-order chi connectivity index (χ0) is 12.4. The first-order chi connectivity index (χ1) is 8.83. The normalized spacial score (nSPS) is 19.9. The van der Waals surface area contributed by atoms with Gasteiger partial charge in [0.2, 0.25) is 0 Å². The molecule has 2 aromatic heterocycles. The summed E-state index contributed by atoms with van der Waals surface area (Å²) >= 11 is 1.66. The van der Waals surface area contributed by atoms with Crippen molar-refractivity contribution in [3.05, 3.63) is 34.7 Å². The van der Waals surface area contributed by atoms with Gasteiger partial charge in [0.15, 0.2) is 0 Å². The quantitative estimate of drug-likeness (QED) is 0.905. The van der Waals surface area contributed by atoms with Crippen LogP contribution in [-0.2, 0) is 0 Å². The number of hydrogen-bond donors (Lipinski definition) is 1. The van der Waals surface area contributed by atoms with E-state index in [0.717, 1.165) is 29.4 Å². The van der Waals surface area contributed by atoms with Crippen LogP contribution in [0.3, 0.4) is 0 Å². The standard InChI is InChI=1S/C13H14FN3S/c14-11-4-10(6-16-7-11)12-8-18-13(17-12)9-2-1-3-15-5-9/h4,6-9,15H,1-3,5H2. The number of nitrogens with zero attached hydrogens (tertiary/aromatic N) is 2. The smallest absolute Gasteiger partial charge is 0.142 e. The van der Waals surface area contributed by atoms with Crippen LogP contribution in [0.1, 0.15) is 23.8 Å². The summed E-state index contributed by atoms with van der Waals surface area (Å²) in [6.07, 6.45) is 5.24. The van der Waals surface area contributed by atoms with E-state index < -0.39 is 0 Å². The van der Waals surface area contributed by atoms with E-state index in [2.05, 4.69) is 15.3 Å². The number of aromatic nitrogens is 2. The van der Waals surface area contributed by atoms with Gasteiger partial charge in [0.25, 0.3) is 0 Å². The topological polar surface area (TPSA) is 37.8 Å². The minimum Gasteiger partial charge on any atom is -0.316 e. The number of thiazole rings is 1. The molecule has 1 fully saturated rings. The molecule has 94 valence electrons. The second kappa shape index (κ2) is 5.12. The van der Waals surface area contributed by atoms with E-state index in [0.29, 0.717) is 5.92 Å². The predicted molar refractivity (Wildman–Crippen MR) is 70.1 cm³/mol. The summed E-state index contributed by atoms with van der Waals surface area (Å²) in [4.78, 5) is 8.48. The predicted octanol–water partition coefficient (Wildman–Crippen LogP) is 2.81. The molecule has 0 spiro atoms. The summed E-state index contributed by atoms with van der Waals surface area (Å²) in [5.41, 5.74) is 1.58. The monoisotopic (exact) mass is 263 g/mol. The fourth-order valence-electron chi connectivity index (χ4n) is 2.22. The summed E-state index contributed by atoms with van der Waals surface area (Å²) in [5, 5.41) is 6.51. The molecule has 0 amide bonds. The van der Waals surface area contributed by atoms with Gasteiger partial charge in [-0.1, -0.05) is 0 Å². The van der Waals surface area contributed by atoms with Crippen LogP contribution in [0.25, 0.3) is 11.3 Å². The summed E-state index contributed by atoms with van der Waals surface area (Å²) in [6.45, 7) is 2.09. The van der Waals surface area contributed by atoms with Crippen molar-refractivity contribution < 1.29 is 4.39 Å². The van der Waals surface area contributed by atoms with Gasteiger partial charge in [-0.15, -0.1) is 11.3 Å². The van der Waals surface area contributed by atoms with Crippen molar-refractivity contribution in [2.45, 2.75) is 18.8 Å².